The lowest BCUT2D eigenvalue weighted by Gasteiger charge is -2.13. The molecular formula is C14H18F3NO3. The molecule has 0 saturated heterocycles. The lowest BCUT2D eigenvalue weighted by molar-refractivity contribution is -0.274. The molecule has 0 radical (unpaired) electrons. The van der Waals surface area contributed by atoms with Crippen LogP contribution in [0.25, 0.3) is 0 Å². The Morgan fingerprint density at radius 2 is 1.86 bits per heavy atom. The minimum absolute atomic E-state index is 0.270. The van der Waals surface area contributed by atoms with Crippen molar-refractivity contribution in [2.75, 3.05) is 6.54 Å². The summed E-state index contributed by atoms with van der Waals surface area (Å²) in [6, 6.07) is 5.25. The van der Waals surface area contributed by atoms with Gasteiger partial charge in [-0.15, -0.1) is 13.2 Å². The van der Waals surface area contributed by atoms with Gasteiger partial charge in [-0.1, -0.05) is 18.6 Å². The molecule has 0 bridgehead atoms. The number of alkyl halides is 3. The second kappa shape index (κ2) is 7.87. The third kappa shape index (κ3) is 6.99. The molecule has 0 aromatic heterocycles. The normalized spacial score (nSPS) is 13.0. The fourth-order valence-corrected chi connectivity index (χ4v) is 1.96. The van der Waals surface area contributed by atoms with Crippen LogP contribution in [-0.4, -0.2) is 24.0 Å². The van der Waals surface area contributed by atoms with Gasteiger partial charge < -0.3 is 15.6 Å². The molecule has 21 heavy (non-hydrogen) atoms. The fourth-order valence-electron chi connectivity index (χ4n) is 1.96. The number of halogens is 3. The van der Waals surface area contributed by atoms with E-state index in [1.807, 2.05) is 0 Å². The molecule has 0 aliphatic rings. The standard InChI is InChI=1S/C14H18F3NO3/c15-14(16,17)21-12-6-4-10(5-7-12)9-11(13(19)20)3-1-2-8-18/h4-7,11H,1-3,8-9,18H2,(H,19,20). The van der Waals surface area contributed by atoms with Crippen LogP contribution in [0.3, 0.4) is 0 Å². The number of carboxylic acid groups (broad SMARTS) is 1. The highest BCUT2D eigenvalue weighted by atomic mass is 19.4. The van der Waals surface area contributed by atoms with Crippen molar-refractivity contribution in [3.63, 3.8) is 0 Å². The van der Waals surface area contributed by atoms with Crippen LogP contribution in [0, 0.1) is 5.92 Å². The molecule has 0 aliphatic heterocycles. The van der Waals surface area contributed by atoms with Crippen molar-refractivity contribution in [2.45, 2.75) is 32.0 Å². The molecule has 118 valence electrons. The summed E-state index contributed by atoms with van der Waals surface area (Å²) in [5.41, 5.74) is 6.01. The van der Waals surface area contributed by atoms with Crippen molar-refractivity contribution in [3.8, 4) is 5.75 Å². The van der Waals surface area contributed by atoms with Gasteiger partial charge in [0.25, 0.3) is 0 Å². The number of nitrogens with two attached hydrogens (primary N) is 1. The van der Waals surface area contributed by atoms with Crippen molar-refractivity contribution in [1.29, 1.82) is 0 Å². The van der Waals surface area contributed by atoms with E-state index in [1.54, 1.807) is 0 Å². The zero-order chi connectivity index (χ0) is 15.9. The monoisotopic (exact) mass is 305 g/mol. The number of rotatable bonds is 8. The largest absolute Gasteiger partial charge is 0.573 e. The number of unbranched alkanes of at least 4 members (excludes halogenated alkanes) is 1. The number of carboxylic acids is 1. The molecule has 0 amide bonds. The lowest BCUT2D eigenvalue weighted by Crippen LogP contribution is -2.18. The summed E-state index contributed by atoms with van der Waals surface area (Å²) >= 11 is 0. The highest BCUT2D eigenvalue weighted by Gasteiger charge is 2.31. The van der Waals surface area contributed by atoms with Gasteiger partial charge in [-0.3, -0.25) is 4.79 Å². The number of hydrogen-bond acceptors (Lipinski definition) is 3. The van der Waals surface area contributed by atoms with Crippen LogP contribution in [0.5, 0.6) is 5.75 Å². The lowest BCUT2D eigenvalue weighted by atomic mass is 9.94. The van der Waals surface area contributed by atoms with E-state index in [9.17, 15) is 18.0 Å². The Morgan fingerprint density at radius 1 is 1.24 bits per heavy atom. The molecule has 1 atom stereocenters. The van der Waals surface area contributed by atoms with E-state index in [0.717, 1.165) is 6.42 Å². The Balaban J connectivity index is 2.61. The number of ether oxygens (including phenoxy) is 1. The van der Waals surface area contributed by atoms with Crippen molar-refractivity contribution in [2.24, 2.45) is 11.7 Å². The van der Waals surface area contributed by atoms with Crippen LogP contribution >= 0.6 is 0 Å². The summed E-state index contributed by atoms with van der Waals surface area (Å²) in [6.07, 6.45) is -2.50. The quantitative estimate of drug-likeness (QED) is 0.724. The highest BCUT2D eigenvalue weighted by molar-refractivity contribution is 5.70. The first-order valence-electron chi connectivity index (χ1n) is 6.59. The highest BCUT2D eigenvalue weighted by Crippen LogP contribution is 2.24. The van der Waals surface area contributed by atoms with Gasteiger partial charge in [-0.25, -0.2) is 0 Å². The predicted octanol–water partition coefficient (Wildman–Crippen LogP) is 2.96. The maximum absolute atomic E-state index is 12.0. The Morgan fingerprint density at radius 3 is 2.33 bits per heavy atom. The minimum Gasteiger partial charge on any atom is -0.481 e. The molecule has 0 spiro atoms. The van der Waals surface area contributed by atoms with Gasteiger partial charge >= 0.3 is 12.3 Å². The topological polar surface area (TPSA) is 72.5 Å². The third-order valence-electron chi connectivity index (χ3n) is 2.99. The van der Waals surface area contributed by atoms with E-state index in [1.165, 1.54) is 24.3 Å². The Hall–Kier alpha value is -1.76. The van der Waals surface area contributed by atoms with Gasteiger partial charge in [0.15, 0.2) is 0 Å². The zero-order valence-corrected chi connectivity index (χ0v) is 11.4. The first kappa shape index (κ1) is 17.3. The first-order valence-corrected chi connectivity index (χ1v) is 6.59. The summed E-state index contributed by atoms with van der Waals surface area (Å²) in [4.78, 5) is 11.1. The van der Waals surface area contributed by atoms with Crippen LogP contribution in [0.2, 0.25) is 0 Å². The molecule has 0 saturated carbocycles. The first-order chi connectivity index (χ1) is 9.81. The maximum Gasteiger partial charge on any atom is 0.573 e. The molecule has 0 aliphatic carbocycles. The third-order valence-corrected chi connectivity index (χ3v) is 2.99. The van der Waals surface area contributed by atoms with Crippen LogP contribution in [0.15, 0.2) is 24.3 Å². The minimum atomic E-state index is -4.73. The van der Waals surface area contributed by atoms with Crippen molar-refractivity contribution >= 4 is 5.97 Å². The molecule has 1 aromatic carbocycles. The molecule has 1 rings (SSSR count). The SMILES string of the molecule is NCCCCC(Cc1ccc(OC(F)(F)F)cc1)C(=O)O. The second-order valence-electron chi connectivity index (χ2n) is 4.72. The molecule has 3 N–H and O–H groups in total. The van der Waals surface area contributed by atoms with E-state index in [0.29, 0.717) is 24.9 Å². The summed E-state index contributed by atoms with van der Waals surface area (Å²) in [5.74, 6) is -1.80. The smallest absolute Gasteiger partial charge is 0.481 e. The average Bonchev–Trinajstić information content (AvgIpc) is 2.38. The summed E-state index contributed by atoms with van der Waals surface area (Å²) in [5, 5.41) is 9.14. The summed E-state index contributed by atoms with van der Waals surface area (Å²) in [6.45, 7) is 0.510. The maximum atomic E-state index is 12.0. The van der Waals surface area contributed by atoms with Gasteiger partial charge in [-0.2, -0.15) is 0 Å². The number of aliphatic carboxylic acids is 1. The average molecular weight is 305 g/mol. The van der Waals surface area contributed by atoms with E-state index < -0.39 is 18.2 Å². The summed E-state index contributed by atoms with van der Waals surface area (Å²) < 4.78 is 39.8. The Labute approximate surface area is 120 Å². The number of carbonyl (C=O) groups is 1. The molecule has 4 nitrogen and oxygen atoms in total. The fraction of sp³-hybridized carbons (Fsp3) is 0.500. The number of hydrogen-bond donors (Lipinski definition) is 2. The second-order valence-corrected chi connectivity index (χ2v) is 4.72. The van der Waals surface area contributed by atoms with Crippen LogP contribution in [0.4, 0.5) is 13.2 Å². The molecule has 7 heteroatoms. The Kier molecular flexibility index (Phi) is 6.48. The van der Waals surface area contributed by atoms with Gasteiger partial charge in [0.1, 0.15) is 5.75 Å². The van der Waals surface area contributed by atoms with Gasteiger partial charge in [-0.05, 0) is 43.5 Å². The van der Waals surface area contributed by atoms with Crippen molar-refractivity contribution in [1.82, 2.24) is 0 Å². The van der Waals surface area contributed by atoms with Crippen LogP contribution in [-0.2, 0) is 11.2 Å². The van der Waals surface area contributed by atoms with E-state index in [2.05, 4.69) is 4.74 Å². The summed E-state index contributed by atoms with van der Waals surface area (Å²) in [7, 11) is 0. The van der Waals surface area contributed by atoms with Crippen LogP contribution < -0.4 is 10.5 Å². The molecule has 0 heterocycles. The predicted molar refractivity (Wildman–Crippen MR) is 70.9 cm³/mol. The van der Waals surface area contributed by atoms with E-state index in [4.69, 9.17) is 10.8 Å². The number of benzene rings is 1. The molecule has 1 unspecified atom stereocenters. The van der Waals surface area contributed by atoms with Gasteiger partial charge in [0.05, 0.1) is 5.92 Å². The zero-order valence-electron chi connectivity index (χ0n) is 11.4. The van der Waals surface area contributed by atoms with Crippen LogP contribution in [0.1, 0.15) is 24.8 Å². The Bertz CT molecular complexity index is 446. The van der Waals surface area contributed by atoms with Gasteiger partial charge in [0, 0.05) is 0 Å². The molecular weight excluding hydrogens is 287 g/mol. The molecule has 1 aromatic rings. The van der Waals surface area contributed by atoms with E-state index in [-0.39, 0.29) is 12.2 Å². The van der Waals surface area contributed by atoms with E-state index >= 15 is 0 Å². The van der Waals surface area contributed by atoms with Crippen molar-refractivity contribution in [3.05, 3.63) is 29.8 Å². The molecule has 0 fully saturated rings. The van der Waals surface area contributed by atoms with Gasteiger partial charge in [0.2, 0.25) is 0 Å². The van der Waals surface area contributed by atoms with Crippen molar-refractivity contribution < 1.29 is 27.8 Å².